The summed E-state index contributed by atoms with van der Waals surface area (Å²) in [7, 11) is 0. The van der Waals surface area contributed by atoms with E-state index in [1.54, 1.807) is 0 Å². The van der Waals surface area contributed by atoms with Gasteiger partial charge in [0, 0.05) is 13.1 Å². The SMILES string of the molecule is CCNCCNC(=O)CN1C(=O)NC2(CCC(C(C)(C)CC)CC2)C1=O. The third-order valence-corrected chi connectivity index (χ3v) is 6.28. The molecular formula is C19H34N4O3. The molecule has 0 aromatic rings. The minimum absolute atomic E-state index is 0.206. The van der Waals surface area contributed by atoms with Gasteiger partial charge in [0.15, 0.2) is 0 Å². The molecule has 1 saturated heterocycles. The predicted octanol–water partition coefficient (Wildman–Crippen LogP) is 1.63. The number of nitrogens with zero attached hydrogens (tertiary/aromatic N) is 1. The molecule has 3 N–H and O–H groups in total. The standard InChI is InChI=1S/C19H34N4O3/c1-5-18(3,4)14-7-9-19(10-8-14)16(25)23(17(26)22-19)13-15(24)21-12-11-20-6-2/h14,20H,5-13H2,1-4H3,(H,21,24)(H,22,26). The molecule has 0 bridgehead atoms. The van der Waals surface area contributed by atoms with Crippen LogP contribution in [0.25, 0.3) is 0 Å². The summed E-state index contributed by atoms with van der Waals surface area (Å²) < 4.78 is 0. The van der Waals surface area contributed by atoms with E-state index in [1.807, 2.05) is 6.92 Å². The first-order valence-electron chi connectivity index (χ1n) is 9.87. The van der Waals surface area contributed by atoms with Crippen molar-refractivity contribution in [1.82, 2.24) is 20.9 Å². The smallest absolute Gasteiger partial charge is 0.325 e. The zero-order valence-electron chi connectivity index (χ0n) is 16.6. The molecule has 1 heterocycles. The van der Waals surface area contributed by atoms with Crippen LogP contribution in [-0.2, 0) is 9.59 Å². The van der Waals surface area contributed by atoms with Crippen LogP contribution < -0.4 is 16.0 Å². The number of amides is 4. The van der Waals surface area contributed by atoms with Crippen LogP contribution in [-0.4, -0.2) is 54.5 Å². The van der Waals surface area contributed by atoms with Crippen molar-refractivity contribution in [1.29, 1.82) is 0 Å². The highest BCUT2D eigenvalue weighted by Gasteiger charge is 2.53. The Hall–Kier alpha value is -1.63. The van der Waals surface area contributed by atoms with Crippen LogP contribution in [0.1, 0.15) is 59.8 Å². The molecule has 2 aliphatic rings. The van der Waals surface area contributed by atoms with Gasteiger partial charge >= 0.3 is 6.03 Å². The fourth-order valence-corrected chi connectivity index (χ4v) is 4.01. The van der Waals surface area contributed by atoms with Crippen molar-refractivity contribution >= 4 is 17.8 Å². The molecule has 148 valence electrons. The lowest BCUT2D eigenvalue weighted by Gasteiger charge is -2.42. The fourth-order valence-electron chi connectivity index (χ4n) is 4.01. The Kier molecular flexibility index (Phi) is 6.66. The highest BCUT2D eigenvalue weighted by atomic mass is 16.2. The van der Waals surface area contributed by atoms with Gasteiger partial charge in [0.1, 0.15) is 12.1 Å². The summed E-state index contributed by atoms with van der Waals surface area (Å²) in [4.78, 5) is 38.3. The molecular weight excluding hydrogens is 332 g/mol. The van der Waals surface area contributed by atoms with E-state index in [-0.39, 0.29) is 23.8 Å². The van der Waals surface area contributed by atoms with Crippen molar-refractivity contribution < 1.29 is 14.4 Å². The Bertz CT molecular complexity index is 539. The lowest BCUT2D eigenvalue weighted by molar-refractivity contribution is -0.136. The average molecular weight is 367 g/mol. The van der Waals surface area contributed by atoms with Gasteiger partial charge in [0.05, 0.1) is 0 Å². The number of hydrogen-bond donors (Lipinski definition) is 3. The van der Waals surface area contributed by atoms with Crippen molar-refractivity contribution in [2.75, 3.05) is 26.2 Å². The van der Waals surface area contributed by atoms with Gasteiger partial charge in [-0.15, -0.1) is 0 Å². The Labute approximate surface area is 156 Å². The van der Waals surface area contributed by atoms with Gasteiger partial charge in [-0.05, 0) is 43.6 Å². The molecule has 26 heavy (non-hydrogen) atoms. The number of imide groups is 1. The van der Waals surface area contributed by atoms with E-state index in [0.717, 1.165) is 30.7 Å². The number of urea groups is 1. The molecule has 1 saturated carbocycles. The van der Waals surface area contributed by atoms with Crippen LogP contribution in [0, 0.1) is 11.3 Å². The Balaban J connectivity index is 1.91. The zero-order chi connectivity index (χ0) is 19.4. The molecule has 0 radical (unpaired) electrons. The highest BCUT2D eigenvalue weighted by Crippen LogP contribution is 2.45. The maximum absolute atomic E-state index is 12.9. The van der Waals surface area contributed by atoms with Crippen molar-refractivity contribution in [3.63, 3.8) is 0 Å². The molecule has 0 unspecified atom stereocenters. The van der Waals surface area contributed by atoms with Crippen molar-refractivity contribution in [3.8, 4) is 0 Å². The van der Waals surface area contributed by atoms with E-state index in [1.165, 1.54) is 0 Å². The van der Waals surface area contributed by atoms with Gasteiger partial charge in [-0.25, -0.2) is 4.79 Å². The van der Waals surface area contributed by atoms with E-state index in [9.17, 15) is 14.4 Å². The summed E-state index contributed by atoms with van der Waals surface area (Å²) in [5.74, 6) is 0.0209. The zero-order valence-corrected chi connectivity index (χ0v) is 16.6. The van der Waals surface area contributed by atoms with E-state index in [0.29, 0.717) is 31.8 Å². The van der Waals surface area contributed by atoms with Crippen LogP contribution in [0.3, 0.4) is 0 Å². The third-order valence-electron chi connectivity index (χ3n) is 6.28. The second-order valence-corrected chi connectivity index (χ2v) is 8.22. The van der Waals surface area contributed by atoms with Crippen molar-refractivity contribution in [2.45, 2.75) is 65.3 Å². The van der Waals surface area contributed by atoms with Crippen molar-refractivity contribution in [3.05, 3.63) is 0 Å². The fraction of sp³-hybridized carbons (Fsp3) is 0.842. The normalized spacial score (nSPS) is 26.3. The van der Waals surface area contributed by atoms with Gasteiger partial charge in [0.25, 0.3) is 5.91 Å². The maximum atomic E-state index is 12.9. The van der Waals surface area contributed by atoms with Crippen LogP contribution in [0.2, 0.25) is 0 Å². The summed E-state index contributed by atoms with van der Waals surface area (Å²) in [5.41, 5.74) is -0.555. The summed E-state index contributed by atoms with van der Waals surface area (Å²) in [6.07, 6.45) is 4.27. The molecule has 1 aliphatic heterocycles. The monoisotopic (exact) mass is 366 g/mol. The molecule has 0 aromatic carbocycles. The molecule has 1 aliphatic carbocycles. The number of hydrogen-bond acceptors (Lipinski definition) is 4. The molecule has 1 spiro atoms. The minimum Gasteiger partial charge on any atom is -0.353 e. The summed E-state index contributed by atoms with van der Waals surface area (Å²) >= 11 is 0. The summed E-state index contributed by atoms with van der Waals surface area (Å²) in [6, 6.07) is -0.440. The molecule has 2 rings (SSSR count). The molecule has 2 fully saturated rings. The topological polar surface area (TPSA) is 90.5 Å². The van der Waals surface area contributed by atoms with E-state index < -0.39 is 11.6 Å². The lowest BCUT2D eigenvalue weighted by atomic mass is 9.65. The van der Waals surface area contributed by atoms with E-state index in [2.05, 4.69) is 36.7 Å². The predicted molar refractivity (Wildman–Crippen MR) is 101 cm³/mol. The van der Waals surface area contributed by atoms with Crippen molar-refractivity contribution in [2.24, 2.45) is 11.3 Å². The summed E-state index contributed by atoms with van der Waals surface area (Å²) in [5, 5.41) is 8.73. The third kappa shape index (κ3) is 4.37. The molecule has 4 amide bonds. The highest BCUT2D eigenvalue weighted by molar-refractivity contribution is 6.09. The van der Waals surface area contributed by atoms with Crippen LogP contribution >= 0.6 is 0 Å². The average Bonchev–Trinajstić information content (AvgIpc) is 2.83. The molecule has 0 atom stereocenters. The minimum atomic E-state index is -0.804. The largest absolute Gasteiger partial charge is 0.353 e. The Morgan fingerprint density at radius 2 is 1.88 bits per heavy atom. The number of nitrogens with one attached hydrogen (secondary N) is 3. The van der Waals surface area contributed by atoms with E-state index >= 15 is 0 Å². The van der Waals surface area contributed by atoms with Gasteiger partial charge in [-0.2, -0.15) is 0 Å². The first-order chi connectivity index (χ1) is 12.3. The molecule has 7 heteroatoms. The molecule has 0 aromatic heterocycles. The lowest BCUT2D eigenvalue weighted by Crippen LogP contribution is -2.51. The van der Waals surface area contributed by atoms with Crippen LogP contribution in [0.4, 0.5) is 4.79 Å². The maximum Gasteiger partial charge on any atom is 0.325 e. The van der Waals surface area contributed by atoms with Gasteiger partial charge in [-0.3, -0.25) is 14.5 Å². The number of carbonyl (C=O) groups is 3. The Morgan fingerprint density at radius 3 is 2.46 bits per heavy atom. The number of carbonyl (C=O) groups excluding carboxylic acids is 3. The first-order valence-corrected chi connectivity index (χ1v) is 9.87. The summed E-state index contributed by atoms with van der Waals surface area (Å²) in [6.45, 7) is 10.5. The quantitative estimate of drug-likeness (QED) is 0.450. The number of rotatable bonds is 8. The van der Waals surface area contributed by atoms with Crippen LogP contribution in [0.15, 0.2) is 0 Å². The van der Waals surface area contributed by atoms with Crippen LogP contribution in [0.5, 0.6) is 0 Å². The van der Waals surface area contributed by atoms with E-state index in [4.69, 9.17) is 0 Å². The Morgan fingerprint density at radius 1 is 1.23 bits per heavy atom. The van der Waals surface area contributed by atoms with Gasteiger partial charge in [0.2, 0.25) is 5.91 Å². The van der Waals surface area contributed by atoms with Gasteiger partial charge in [-0.1, -0.05) is 34.1 Å². The second kappa shape index (κ2) is 8.37. The first kappa shape index (κ1) is 20.7. The second-order valence-electron chi connectivity index (χ2n) is 8.22. The number of likely N-dealkylation sites (N-methyl/N-ethyl adjacent to an activating group) is 1. The molecule has 7 nitrogen and oxygen atoms in total. The van der Waals surface area contributed by atoms with Gasteiger partial charge < -0.3 is 16.0 Å².